The summed E-state index contributed by atoms with van der Waals surface area (Å²) in [6, 6.07) is 7.40. The molecule has 0 radical (unpaired) electrons. The minimum atomic E-state index is -0.999. The van der Waals surface area contributed by atoms with E-state index in [-0.39, 0.29) is 30.1 Å². The fraction of sp³-hybridized carbons (Fsp3) is 0.593. The van der Waals surface area contributed by atoms with E-state index in [9.17, 15) is 19.8 Å². The van der Waals surface area contributed by atoms with Crippen LogP contribution in [0.4, 0.5) is 0 Å². The largest absolute Gasteiger partial charge is 0.508 e. The molecule has 0 amide bonds. The molecule has 0 heterocycles. The van der Waals surface area contributed by atoms with Gasteiger partial charge in [0.15, 0.2) is 5.96 Å². The van der Waals surface area contributed by atoms with Gasteiger partial charge in [0.1, 0.15) is 12.0 Å². The van der Waals surface area contributed by atoms with Crippen molar-refractivity contribution in [3.8, 4) is 5.75 Å². The summed E-state index contributed by atoms with van der Waals surface area (Å²) in [5.41, 5.74) is 12.8. The third kappa shape index (κ3) is 14.2. The minimum Gasteiger partial charge on any atom is -0.508 e. The lowest BCUT2D eigenvalue weighted by atomic mass is 9.86. The zero-order valence-electron chi connectivity index (χ0n) is 21.3. The van der Waals surface area contributed by atoms with Crippen molar-refractivity contribution in [2.24, 2.45) is 34.2 Å². The highest BCUT2D eigenvalue weighted by atomic mass is 16.4. The lowest BCUT2D eigenvalue weighted by Crippen LogP contribution is -2.26. The third-order valence-corrected chi connectivity index (χ3v) is 6.36. The Kier molecular flexibility index (Phi) is 15.1. The normalized spacial score (nSPS) is 14.2. The molecule has 1 rings (SSSR count). The molecular formula is C27H44N4O4. The van der Waals surface area contributed by atoms with Gasteiger partial charge in [-0.15, -0.1) is 0 Å². The summed E-state index contributed by atoms with van der Waals surface area (Å²) in [7, 11) is 1.85. The molecule has 0 aliphatic carbocycles. The van der Waals surface area contributed by atoms with Gasteiger partial charge in [0.05, 0.1) is 6.54 Å². The Labute approximate surface area is 209 Å². The summed E-state index contributed by atoms with van der Waals surface area (Å²) in [6.45, 7) is 2.79. The molecule has 1 aromatic rings. The summed E-state index contributed by atoms with van der Waals surface area (Å²) < 4.78 is 0. The quantitative estimate of drug-likeness (QED) is 0.0655. The second-order valence-corrected chi connectivity index (χ2v) is 9.47. The molecule has 0 aromatic heterocycles. The molecule has 35 heavy (non-hydrogen) atoms. The van der Waals surface area contributed by atoms with Gasteiger partial charge in [0.2, 0.25) is 0 Å². The Hall–Kier alpha value is -2.87. The number of hydrogen-bond donors (Lipinski definition) is 5. The number of rotatable bonds is 19. The second kappa shape index (κ2) is 17.5. The number of carbonyl (C=O) groups is 2. The molecule has 0 bridgehead atoms. The van der Waals surface area contributed by atoms with Crippen molar-refractivity contribution in [2.75, 3.05) is 20.1 Å². The molecule has 0 fully saturated rings. The molecule has 0 aliphatic heterocycles. The Bertz CT molecular complexity index is 804. The van der Waals surface area contributed by atoms with Gasteiger partial charge < -0.3 is 31.8 Å². The van der Waals surface area contributed by atoms with Gasteiger partial charge in [-0.05, 0) is 61.4 Å². The maximum Gasteiger partial charge on any atom is 0.328 e. The number of aliphatic imine (C=N–C) groups is 1. The monoisotopic (exact) mass is 488 g/mol. The molecule has 0 saturated heterocycles. The summed E-state index contributed by atoms with van der Waals surface area (Å²) in [4.78, 5) is 26.2. The Balaban J connectivity index is 2.77. The molecule has 7 N–H and O–H groups in total. The van der Waals surface area contributed by atoms with E-state index >= 15 is 0 Å². The number of unbranched alkanes of at least 4 members (excludes halogenated alkanes) is 2. The van der Waals surface area contributed by atoms with Crippen molar-refractivity contribution in [2.45, 2.75) is 64.7 Å². The van der Waals surface area contributed by atoms with Gasteiger partial charge in [-0.3, -0.25) is 0 Å². The van der Waals surface area contributed by atoms with Crippen molar-refractivity contribution < 1.29 is 19.8 Å². The fourth-order valence-electron chi connectivity index (χ4n) is 4.41. The first-order chi connectivity index (χ1) is 16.7. The number of nitrogens with two attached hydrogens (primary N) is 2. The van der Waals surface area contributed by atoms with Crippen LogP contribution in [0.2, 0.25) is 0 Å². The number of benzene rings is 1. The molecule has 3 atom stereocenters. The van der Waals surface area contributed by atoms with Crippen LogP contribution < -0.4 is 16.8 Å². The first-order valence-corrected chi connectivity index (χ1v) is 12.6. The average Bonchev–Trinajstić information content (AvgIpc) is 2.81. The highest BCUT2D eigenvalue weighted by Crippen LogP contribution is 2.26. The molecule has 3 unspecified atom stereocenters. The first kappa shape index (κ1) is 30.2. The van der Waals surface area contributed by atoms with Crippen molar-refractivity contribution >= 4 is 18.2 Å². The first-order valence-electron chi connectivity index (χ1n) is 12.6. The standard InChI is InChI=1S/C27H44N4O4/c1-20(19-32)7-4-3-5-8-21(15-22-11-13-25(33)14-12-22)9-6-10-23(17-30-2)24(16-26(34)35)18-31-27(28)29/h11-14,16,19-21,23,30,33H,3-10,15,17-18H2,1-2H3,(H,34,35)(H4,28,29,31). The van der Waals surface area contributed by atoms with E-state index in [0.717, 1.165) is 64.1 Å². The second-order valence-electron chi connectivity index (χ2n) is 9.47. The summed E-state index contributed by atoms with van der Waals surface area (Å²) in [6.07, 6.45) is 11.3. The van der Waals surface area contributed by atoms with Gasteiger partial charge in [0, 0.05) is 18.5 Å². The van der Waals surface area contributed by atoms with Gasteiger partial charge in [0.25, 0.3) is 0 Å². The number of aromatic hydroxyl groups is 1. The Morgan fingerprint density at radius 2 is 1.71 bits per heavy atom. The predicted molar refractivity (Wildman–Crippen MR) is 141 cm³/mol. The average molecular weight is 489 g/mol. The van der Waals surface area contributed by atoms with Crippen LogP contribution in [-0.2, 0) is 16.0 Å². The number of carbonyl (C=O) groups excluding carboxylic acids is 1. The molecule has 8 heteroatoms. The lowest BCUT2D eigenvalue weighted by molar-refractivity contribution is -0.131. The minimum absolute atomic E-state index is 0.0263. The van der Waals surface area contributed by atoms with Gasteiger partial charge in [-0.1, -0.05) is 57.6 Å². The zero-order chi connectivity index (χ0) is 26.1. The number of phenols is 1. The maximum atomic E-state index is 11.4. The van der Waals surface area contributed by atoms with Gasteiger partial charge in [-0.25, -0.2) is 9.79 Å². The number of carboxylic acid groups (broad SMARTS) is 1. The number of nitrogens with one attached hydrogen (secondary N) is 1. The number of aldehydes is 1. The number of hydrogen-bond acceptors (Lipinski definition) is 5. The molecule has 8 nitrogen and oxygen atoms in total. The summed E-state index contributed by atoms with van der Waals surface area (Å²) >= 11 is 0. The van der Waals surface area contributed by atoms with E-state index in [2.05, 4.69) is 10.3 Å². The van der Waals surface area contributed by atoms with E-state index in [1.165, 1.54) is 11.6 Å². The molecule has 0 spiro atoms. The van der Waals surface area contributed by atoms with Crippen molar-refractivity contribution in [3.05, 3.63) is 41.5 Å². The van der Waals surface area contributed by atoms with E-state index in [1.807, 2.05) is 26.1 Å². The van der Waals surface area contributed by atoms with Crippen LogP contribution in [0.25, 0.3) is 0 Å². The number of carboxylic acids is 1. The fourth-order valence-corrected chi connectivity index (χ4v) is 4.41. The summed E-state index contributed by atoms with van der Waals surface area (Å²) in [5, 5.41) is 22.1. The molecule has 0 saturated carbocycles. The number of guanidine groups is 1. The molecule has 0 aliphatic rings. The number of aliphatic carboxylic acids is 1. The predicted octanol–water partition coefficient (Wildman–Crippen LogP) is 3.63. The number of phenolic OH excluding ortho intramolecular Hbond substituents is 1. The van der Waals surface area contributed by atoms with Crippen LogP contribution in [0.3, 0.4) is 0 Å². The molecule has 196 valence electrons. The lowest BCUT2D eigenvalue weighted by Gasteiger charge is -2.22. The topological polar surface area (TPSA) is 151 Å². The maximum absolute atomic E-state index is 11.4. The molecular weight excluding hydrogens is 444 g/mol. The Morgan fingerprint density at radius 1 is 1.06 bits per heavy atom. The van der Waals surface area contributed by atoms with Crippen molar-refractivity contribution in [1.29, 1.82) is 0 Å². The van der Waals surface area contributed by atoms with Crippen LogP contribution in [0.1, 0.15) is 63.9 Å². The van der Waals surface area contributed by atoms with Gasteiger partial charge in [-0.2, -0.15) is 0 Å². The van der Waals surface area contributed by atoms with E-state index in [4.69, 9.17) is 11.5 Å². The zero-order valence-corrected chi connectivity index (χ0v) is 21.3. The Morgan fingerprint density at radius 3 is 2.31 bits per heavy atom. The van der Waals surface area contributed by atoms with Crippen LogP contribution in [0.15, 0.2) is 40.9 Å². The highest BCUT2D eigenvalue weighted by Gasteiger charge is 2.17. The van der Waals surface area contributed by atoms with Gasteiger partial charge >= 0.3 is 5.97 Å². The van der Waals surface area contributed by atoms with Crippen LogP contribution in [0, 0.1) is 17.8 Å². The van der Waals surface area contributed by atoms with Crippen LogP contribution in [0.5, 0.6) is 5.75 Å². The SMILES string of the molecule is CNCC(CCCC(CCCCCC(C)C=O)Cc1ccc(O)cc1)C(=CC(=O)O)CN=C(N)N. The van der Waals surface area contributed by atoms with E-state index in [0.29, 0.717) is 18.0 Å². The summed E-state index contributed by atoms with van der Waals surface area (Å²) in [5.74, 6) is -0.148. The van der Waals surface area contributed by atoms with E-state index < -0.39 is 5.97 Å². The van der Waals surface area contributed by atoms with Crippen molar-refractivity contribution in [3.63, 3.8) is 0 Å². The molecule has 1 aromatic carbocycles. The van der Waals surface area contributed by atoms with E-state index in [1.54, 1.807) is 12.1 Å². The smallest absolute Gasteiger partial charge is 0.328 e. The van der Waals surface area contributed by atoms with Crippen molar-refractivity contribution in [1.82, 2.24) is 5.32 Å². The number of nitrogens with zero attached hydrogens (tertiary/aromatic N) is 1. The third-order valence-electron chi connectivity index (χ3n) is 6.36. The highest BCUT2D eigenvalue weighted by molar-refractivity contribution is 5.81. The van der Waals surface area contributed by atoms with Crippen LogP contribution in [-0.4, -0.2) is 48.6 Å². The van der Waals surface area contributed by atoms with Crippen LogP contribution >= 0.6 is 0 Å².